The van der Waals surface area contributed by atoms with Gasteiger partial charge in [-0.25, -0.2) is 0 Å². The number of hydrogen-bond donors (Lipinski definition) is 0. The van der Waals surface area contributed by atoms with Gasteiger partial charge in [-0.3, -0.25) is 14.4 Å². The van der Waals surface area contributed by atoms with Crippen LogP contribution in [0, 0.1) is 5.92 Å². The molecule has 374 valence electrons. The van der Waals surface area contributed by atoms with Gasteiger partial charge in [-0.05, 0) is 25.2 Å². The van der Waals surface area contributed by atoms with Crippen molar-refractivity contribution in [2.45, 2.75) is 329 Å². The quantitative estimate of drug-likeness (QED) is 0.0344. The van der Waals surface area contributed by atoms with Gasteiger partial charge >= 0.3 is 17.9 Å². The van der Waals surface area contributed by atoms with E-state index in [-0.39, 0.29) is 31.1 Å². The van der Waals surface area contributed by atoms with Crippen molar-refractivity contribution in [2.24, 2.45) is 5.92 Å². The van der Waals surface area contributed by atoms with Gasteiger partial charge in [0.15, 0.2) is 6.10 Å². The van der Waals surface area contributed by atoms with Crippen LogP contribution in [0.2, 0.25) is 0 Å². The molecule has 0 rings (SSSR count). The van der Waals surface area contributed by atoms with E-state index in [4.69, 9.17) is 14.2 Å². The fraction of sp³-hybridized carbons (Fsp3) is 0.947. The number of unbranched alkanes of at least 4 members (excludes halogenated alkanes) is 38. The molecule has 0 saturated heterocycles. The minimum atomic E-state index is -0.760. The van der Waals surface area contributed by atoms with Crippen LogP contribution in [-0.4, -0.2) is 37.2 Å². The fourth-order valence-corrected chi connectivity index (χ4v) is 8.72. The van der Waals surface area contributed by atoms with Gasteiger partial charge in [0.1, 0.15) is 13.2 Å². The van der Waals surface area contributed by atoms with Crippen LogP contribution < -0.4 is 0 Å². The summed E-state index contributed by atoms with van der Waals surface area (Å²) >= 11 is 0. The average molecular weight is 892 g/mol. The van der Waals surface area contributed by atoms with Crippen LogP contribution in [0.5, 0.6) is 0 Å². The molecule has 0 N–H and O–H groups in total. The number of carbonyl (C=O) groups is 3. The summed E-state index contributed by atoms with van der Waals surface area (Å²) in [6.07, 6.45) is 55.4. The van der Waals surface area contributed by atoms with Crippen LogP contribution in [0.25, 0.3) is 0 Å². The van der Waals surface area contributed by atoms with Crippen LogP contribution >= 0.6 is 0 Å². The minimum absolute atomic E-state index is 0.0625. The van der Waals surface area contributed by atoms with Gasteiger partial charge in [-0.1, -0.05) is 285 Å². The Morgan fingerprint density at radius 3 is 0.825 bits per heavy atom. The normalized spacial score (nSPS) is 12.4. The van der Waals surface area contributed by atoms with Gasteiger partial charge in [0.2, 0.25) is 0 Å². The first-order valence-electron chi connectivity index (χ1n) is 28.4. The molecular weight excluding hydrogens is 781 g/mol. The summed E-state index contributed by atoms with van der Waals surface area (Å²) in [7, 11) is 0. The molecule has 0 spiro atoms. The van der Waals surface area contributed by atoms with E-state index in [2.05, 4.69) is 27.7 Å². The zero-order chi connectivity index (χ0) is 45.9. The topological polar surface area (TPSA) is 78.9 Å². The van der Waals surface area contributed by atoms with Gasteiger partial charge in [-0.2, -0.15) is 0 Å². The van der Waals surface area contributed by atoms with Crippen molar-refractivity contribution in [3.8, 4) is 0 Å². The van der Waals surface area contributed by atoms with E-state index in [1.165, 1.54) is 218 Å². The lowest BCUT2D eigenvalue weighted by Crippen LogP contribution is -2.30. The van der Waals surface area contributed by atoms with Crippen LogP contribution in [-0.2, 0) is 28.6 Å². The Kier molecular flexibility index (Phi) is 50.1. The predicted octanol–water partition coefficient (Wildman–Crippen LogP) is 18.6. The second-order valence-corrected chi connectivity index (χ2v) is 19.8. The zero-order valence-electron chi connectivity index (χ0n) is 43.0. The highest BCUT2D eigenvalue weighted by atomic mass is 16.6. The summed E-state index contributed by atoms with van der Waals surface area (Å²) < 4.78 is 16.8. The highest BCUT2D eigenvalue weighted by Gasteiger charge is 2.19. The highest BCUT2D eigenvalue weighted by Crippen LogP contribution is 2.18. The SMILES string of the molecule is CCCCCCCCCCCCCCCCCCC(=O)O[C@H](COC(=O)CCCCCCCCC)COC(=O)CCCCCCCCCCCCCCCCCCCCC(C)CC. The second kappa shape index (κ2) is 51.4. The van der Waals surface area contributed by atoms with Crippen LogP contribution in [0.15, 0.2) is 0 Å². The Labute approximate surface area is 393 Å². The monoisotopic (exact) mass is 891 g/mol. The van der Waals surface area contributed by atoms with Crippen molar-refractivity contribution in [1.82, 2.24) is 0 Å². The summed E-state index contributed by atoms with van der Waals surface area (Å²) in [5.74, 6) is 0.0649. The van der Waals surface area contributed by atoms with Crippen molar-refractivity contribution in [3.63, 3.8) is 0 Å². The molecular formula is C57H110O6. The third-order valence-corrected chi connectivity index (χ3v) is 13.4. The van der Waals surface area contributed by atoms with Crippen molar-refractivity contribution < 1.29 is 28.6 Å². The number of rotatable bonds is 52. The van der Waals surface area contributed by atoms with Crippen LogP contribution in [0.3, 0.4) is 0 Å². The summed E-state index contributed by atoms with van der Waals surface area (Å²) in [6.45, 7) is 9.06. The highest BCUT2D eigenvalue weighted by molar-refractivity contribution is 5.71. The number of carbonyl (C=O) groups excluding carboxylic acids is 3. The summed E-state index contributed by atoms with van der Waals surface area (Å²) in [4.78, 5) is 37.9. The predicted molar refractivity (Wildman–Crippen MR) is 270 cm³/mol. The lowest BCUT2D eigenvalue weighted by atomic mass is 9.99. The first kappa shape index (κ1) is 61.4. The number of esters is 3. The molecule has 0 amide bonds. The van der Waals surface area contributed by atoms with Gasteiger partial charge in [0.25, 0.3) is 0 Å². The molecule has 0 saturated carbocycles. The molecule has 0 aromatic rings. The third-order valence-electron chi connectivity index (χ3n) is 13.4. The molecule has 2 atom stereocenters. The van der Waals surface area contributed by atoms with E-state index in [1.807, 2.05) is 0 Å². The van der Waals surface area contributed by atoms with Gasteiger partial charge in [0.05, 0.1) is 0 Å². The molecule has 0 aliphatic rings. The molecule has 0 bridgehead atoms. The maximum Gasteiger partial charge on any atom is 0.306 e. The molecule has 1 unspecified atom stereocenters. The maximum absolute atomic E-state index is 12.8. The van der Waals surface area contributed by atoms with E-state index in [1.54, 1.807) is 0 Å². The third kappa shape index (κ3) is 49.7. The Morgan fingerprint density at radius 1 is 0.317 bits per heavy atom. The molecule has 0 aliphatic heterocycles. The summed E-state index contributed by atoms with van der Waals surface area (Å²) in [5.41, 5.74) is 0. The minimum Gasteiger partial charge on any atom is -0.462 e. The molecule has 0 radical (unpaired) electrons. The first-order valence-corrected chi connectivity index (χ1v) is 28.4. The molecule has 0 aliphatic carbocycles. The van der Waals surface area contributed by atoms with Crippen LogP contribution in [0.4, 0.5) is 0 Å². The Bertz CT molecular complexity index is 951. The first-order chi connectivity index (χ1) is 30.9. The lowest BCUT2D eigenvalue weighted by Gasteiger charge is -2.18. The summed E-state index contributed by atoms with van der Waals surface area (Å²) in [5, 5.41) is 0. The van der Waals surface area contributed by atoms with E-state index in [0.29, 0.717) is 19.3 Å². The van der Waals surface area contributed by atoms with Crippen molar-refractivity contribution in [1.29, 1.82) is 0 Å². The smallest absolute Gasteiger partial charge is 0.306 e. The molecule has 0 aromatic heterocycles. The van der Waals surface area contributed by atoms with Gasteiger partial charge in [-0.15, -0.1) is 0 Å². The maximum atomic E-state index is 12.8. The largest absolute Gasteiger partial charge is 0.462 e. The standard InChI is InChI=1S/C57H110O6/c1-5-8-10-12-14-15-16-17-18-24-28-31-34-38-42-46-50-57(60)63-54(51-61-55(58)48-44-40-35-13-11-9-6-2)52-62-56(59)49-45-41-37-33-30-27-25-22-20-19-21-23-26-29-32-36-39-43-47-53(4)7-3/h53-54H,5-52H2,1-4H3/t53?,54-/m1/s1. The second-order valence-electron chi connectivity index (χ2n) is 19.8. The van der Waals surface area contributed by atoms with Crippen molar-refractivity contribution >= 4 is 17.9 Å². The fourth-order valence-electron chi connectivity index (χ4n) is 8.72. The molecule has 0 aromatic carbocycles. The zero-order valence-corrected chi connectivity index (χ0v) is 43.0. The van der Waals surface area contributed by atoms with E-state index in [0.717, 1.165) is 63.7 Å². The van der Waals surface area contributed by atoms with Crippen molar-refractivity contribution in [3.05, 3.63) is 0 Å². The average Bonchev–Trinajstić information content (AvgIpc) is 3.28. The Balaban J connectivity index is 4.11. The Hall–Kier alpha value is -1.59. The Morgan fingerprint density at radius 2 is 0.556 bits per heavy atom. The number of ether oxygens (including phenoxy) is 3. The molecule has 6 nitrogen and oxygen atoms in total. The van der Waals surface area contributed by atoms with E-state index in [9.17, 15) is 14.4 Å². The van der Waals surface area contributed by atoms with E-state index < -0.39 is 6.10 Å². The molecule has 0 heterocycles. The molecule has 0 fully saturated rings. The molecule has 63 heavy (non-hydrogen) atoms. The summed E-state index contributed by atoms with van der Waals surface area (Å²) in [6, 6.07) is 0. The van der Waals surface area contributed by atoms with E-state index >= 15 is 0 Å². The lowest BCUT2D eigenvalue weighted by molar-refractivity contribution is -0.167. The number of hydrogen-bond acceptors (Lipinski definition) is 6. The van der Waals surface area contributed by atoms with Crippen molar-refractivity contribution in [2.75, 3.05) is 13.2 Å². The van der Waals surface area contributed by atoms with Gasteiger partial charge in [0, 0.05) is 19.3 Å². The molecule has 6 heteroatoms. The van der Waals surface area contributed by atoms with Gasteiger partial charge < -0.3 is 14.2 Å². The van der Waals surface area contributed by atoms with Crippen LogP contribution in [0.1, 0.15) is 323 Å².